The van der Waals surface area contributed by atoms with Gasteiger partial charge in [0.15, 0.2) is 11.6 Å². The molecule has 9 heteroatoms. The number of benzene rings is 3. The number of hydrogen-bond donors (Lipinski definition) is 1. The third kappa shape index (κ3) is 5.50. The Morgan fingerprint density at radius 1 is 0.914 bits per heavy atom. The molecular weight excluding hydrogens is 494 g/mol. The molecule has 0 aliphatic heterocycles. The van der Waals surface area contributed by atoms with Crippen LogP contribution in [-0.4, -0.2) is 28.9 Å². The first-order valence-corrected chi connectivity index (χ1v) is 11.4. The molecule has 176 valence electrons. The largest absolute Gasteiger partial charge is 0.478 e. The summed E-state index contributed by atoms with van der Waals surface area (Å²) >= 11 is 6.89. The van der Waals surface area contributed by atoms with Crippen molar-refractivity contribution < 1.29 is 23.5 Å². The molecule has 0 aliphatic rings. The molecule has 0 radical (unpaired) electrons. The van der Waals surface area contributed by atoms with E-state index >= 15 is 0 Å². The summed E-state index contributed by atoms with van der Waals surface area (Å²) < 4.78 is 26.7. The third-order valence-electron chi connectivity index (χ3n) is 5.17. The smallest absolute Gasteiger partial charge is 0.336 e. The fraction of sp³-hybridized carbons (Fsp3) is 0.0385. The highest BCUT2D eigenvalue weighted by molar-refractivity contribution is 7.99. The standard InChI is InChI=1S/C26H17ClF2N2O3S/c1-31(17-5-3-16(27)4-6-17)18-7-10-23(30-14-18)25(32)15-2-11-24(20(12-15)26(33)34)35-19-8-9-21(28)22(29)13-19/h2-14H,1H3,(H,33,34). The Morgan fingerprint density at radius 2 is 1.63 bits per heavy atom. The van der Waals surface area contributed by atoms with Crippen LogP contribution in [0.15, 0.2) is 88.8 Å². The van der Waals surface area contributed by atoms with Crippen molar-refractivity contribution >= 4 is 46.5 Å². The minimum absolute atomic E-state index is 0.135. The van der Waals surface area contributed by atoms with E-state index in [9.17, 15) is 23.5 Å². The zero-order valence-electron chi connectivity index (χ0n) is 18.2. The van der Waals surface area contributed by atoms with Crippen molar-refractivity contribution in [3.05, 3.63) is 112 Å². The van der Waals surface area contributed by atoms with Crippen molar-refractivity contribution in [2.24, 2.45) is 0 Å². The zero-order valence-corrected chi connectivity index (χ0v) is 19.8. The first-order chi connectivity index (χ1) is 16.7. The van der Waals surface area contributed by atoms with Gasteiger partial charge in [-0.05, 0) is 72.8 Å². The second-order valence-corrected chi connectivity index (χ2v) is 9.01. The Kier molecular flexibility index (Phi) is 7.14. The van der Waals surface area contributed by atoms with Crippen LogP contribution < -0.4 is 4.90 Å². The van der Waals surface area contributed by atoms with Crippen molar-refractivity contribution in [3.63, 3.8) is 0 Å². The Balaban J connectivity index is 1.56. The number of anilines is 2. The minimum atomic E-state index is -1.25. The maximum atomic E-state index is 13.5. The number of rotatable bonds is 7. The second-order valence-electron chi connectivity index (χ2n) is 7.46. The van der Waals surface area contributed by atoms with E-state index in [1.54, 1.807) is 30.5 Å². The molecule has 5 nitrogen and oxygen atoms in total. The van der Waals surface area contributed by atoms with Gasteiger partial charge in [0.2, 0.25) is 5.78 Å². The predicted octanol–water partition coefficient (Wildman–Crippen LogP) is 6.86. The molecule has 0 saturated carbocycles. The lowest BCUT2D eigenvalue weighted by Gasteiger charge is -2.19. The van der Waals surface area contributed by atoms with E-state index in [0.29, 0.717) is 9.92 Å². The molecule has 0 saturated heterocycles. The SMILES string of the molecule is CN(c1ccc(Cl)cc1)c1ccc(C(=O)c2ccc(Sc3ccc(F)c(F)c3)c(C(=O)O)c2)nc1. The Labute approximate surface area is 209 Å². The van der Waals surface area contributed by atoms with Crippen molar-refractivity contribution in [1.29, 1.82) is 0 Å². The monoisotopic (exact) mass is 510 g/mol. The fourth-order valence-corrected chi connectivity index (χ4v) is 4.35. The molecule has 1 aromatic heterocycles. The highest BCUT2D eigenvalue weighted by Crippen LogP contribution is 2.32. The normalized spacial score (nSPS) is 10.7. The Morgan fingerprint density at radius 3 is 2.26 bits per heavy atom. The van der Waals surface area contributed by atoms with E-state index < -0.39 is 23.4 Å². The molecule has 0 amide bonds. The summed E-state index contributed by atoms with van der Waals surface area (Å²) in [5, 5.41) is 10.3. The lowest BCUT2D eigenvalue weighted by Crippen LogP contribution is -2.11. The number of aromatic carboxylic acids is 1. The number of carbonyl (C=O) groups is 2. The van der Waals surface area contributed by atoms with E-state index in [2.05, 4.69) is 4.98 Å². The third-order valence-corrected chi connectivity index (χ3v) is 6.49. The summed E-state index contributed by atoms with van der Waals surface area (Å²) in [5.41, 5.74) is 1.78. The topological polar surface area (TPSA) is 70.5 Å². The van der Waals surface area contributed by atoms with Gasteiger partial charge in [-0.25, -0.2) is 13.6 Å². The zero-order chi connectivity index (χ0) is 25.1. The van der Waals surface area contributed by atoms with Crippen molar-refractivity contribution in [1.82, 2.24) is 4.98 Å². The van der Waals surface area contributed by atoms with Gasteiger partial charge in [-0.15, -0.1) is 0 Å². The van der Waals surface area contributed by atoms with Gasteiger partial charge in [-0.2, -0.15) is 0 Å². The molecule has 1 heterocycles. The van der Waals surface area contributed by atoms with E-state index in [0.717, 1.165) is 35.3 Å². The van der Waals surface area contributed by atoms with Crippen LogP contribution in [0.3, 0.4) is 0 Å². The molecule has 0 spiro atoms. The fourth-order valence-electron chi connectivity index (χ4n) is 3.28. The summed E-state index contributed by atoms with van der Waals surface area (Å²) in [7, 11) is 1.85. The molecule has 0 fully saturated rings. The van der Waals surface area contributed by atoms with Crippen LogP contribution >= 0.6 is 23.4 Å². The number of nitrogens with zero attached hydrogens (tertiary/aromatic N) is 2. The number of carboxylic acids is 1. The van der Waals surface area contributed by atoms with E-state index in [1.807, 2.05) is 24.1 Å². The van der Waals surface area contributed by atoms with Gasteiger partial charge < -0.3 is 10.0 Å². The lowest BCUT2D eigenvalue weighted by molar-refractivity contribution is 0.0693. The quantitative estimate of drug-likeness (QED) is 0.274. The van der Waals surface area contributed by atoms with Gasteiger partial charge >= 0.3 is 5.97 Å². The van der Waals surface area contributed by atoms with Crippen LogP contribution in [0.25, 0.3) is 0 Å². The van der Waals surface area contributed by atoms with E-state index in [-0.39, 0.29) is 21.7 Å². The predicted molar refractivity (Wildman–Crippen MR) is 131 cm³/mol. The van der Waals surface area contributed by atoms with Crippen LogP contribution in [0, 0.1) is 11.6 Å². The molecule has 4 aromatic rings. The van der Waals surface area contributed by atoms with Gasteiger partial charge in [0.25, 0.3) is 0 Å². The van der Waals surface area contributed by atoms with Crippen LogP contribution in [0.1, 0.15) is 26.4 Å². The van der Waals surface area contributed by atoms with Gasteiger partial charge in [-0.3, -0.25) is 9.78 Å². The number of carboxylic acid groups (broad SMARTS) is 1. The number of aromatic nitrogens is 1. The summed E-state index contributed by atoms with van der Waals surface area (Å²) in [6.07, 6.45) is 1.55. The van der Waals surface area contributed by atoms with E-state index in [1.165, 1.54) is 24.3 Å². The second kappa shape index (κ2) is 10.2. The highest BCUT2D eigenvalue weighted by atomic mass is 35.5. The molecule has 3 aromatic carbocycles. The Bertz CT molecular complexity index is 1410. The van der Waals surface area contributed by atoms with Crippen molar-refractivity contribution in [2.45, 2.75) is 9.79 Å². The van der Waals surface area contributed by atoms with Gasteiger partial charge in [-0.1, -0.05) is 23.4 Å². The van der Waals surface area contributed by atoms with Crippen LogP contribution in [0.2, 0.25) is 5.02 Å². The molecule has 0 bridgehead atoms. The molecule has 0 atom stereocenters. The number of ketones is 1. The molecule has 4 rings (SSSR count). The maximum Gasteiger partial charge on any atom is 0.336 e. The summed E-state index contributed by atoms with van der Waals surface area (Å²) in [6, 6.07) is 18.0. The number of carbonyl (C=O) groups excluding carboxylic acids is 1. The average Bonchev–Trinajstić information content (AvgIpc) is 2.86. The highest BCUT2D eigenvalue weighted by Gasteiger charge is 2.18. The molecule has 35 heavy (non-hydrogen) atoms. The maximum absolute atomic E-state index is 13.5. The molecule has 1 N–H and O–H groups in total. The van der Waals surface area contributed by atoms with Crippen LogP contribution in [0.5, 0.6) is 0 Å². The van der Waals surface area contributed by atoms with Gasteiger partial charge in [0.05, 0.1) is 17.4 Å². The summed E-state index contributed by atoms with van der Waals surface area (Å²) in [4.78, 5) is 31.6. The number of pyridine rings is 1. The van der Waals surface area contributed by atoms with Crippen LogP contribution in [-0.2, 0) is 0 Å². The number of hydrogen-bond acceptors (Lipinski definition) is 5. The lowest BCUT2D eigenvalue weighted by atomic mass is 10.0. The first kappa shape index (κ1) is 24.4. The molecule has 0 aliphatic carbocycles. The van der Waals surface area contributed by atoms with Crippen molar-refractivity contribution in [2.75, 3.05) is 11.9 Å². The first-order valence-electron chi connectivity index (χ1n) is 10.2. The molecule has 0 unspecified atom stereocenters. The molecular formula is C26H17ClF2N2O3S. The summed E-state index contributed by atoms with van der Waals surface area (Å²) in [5.74, 6) is -3.73. The summed E-state index contributed by atoms with van der Waals surface area (Å²) in [6.45, 7) is 0. The minimum Gasteiger partial charge on any atom is -0.478 e. The van der Waals surface area contributed by atoms with Gasteiger partial charge in [0, 0.05) is 33.1 Å². The number of halogens is 3. The van der Waals surface area contributed by atoms with E-state index in [4.69, 9.17) is 11.6 Å². The van der Waals surface area contributed by atoms with Crippen molar-refractivity contribution in [3.8, 4) is 0 Å². The Hall–Kier alpha value is -3.75. The van der Waals surface area contributed by atoms with Gasteiger partial charge in [0.1, 0.15) is 5.69 Å². The average molecular weight is 511 g/mol. The van der Waals surface area contributed by atoms with Crippen LogP contribution in [0.4, 0.5) is 20.2 Å².